The van der Waals surface area contributed by atoms with Crippen molar-refractivity contribution in [2.75, 3.05) is 5.75 Å². The van der Waals surface area contributed by atoms with E-state index in [4.69, 9.17) is 4.42 Å². The minimum absolute atomic E-state index is 0.00665. The molecule has 0 saturated carbocycles. The molecular formula is C21H22BrN3O2S. The molecule has 0 aliphatic rings. The number of carbonyl (C=O) groups excluding carboxylic acids is 1. The number of carbonyl (C=O) groups is 1. The maximum Gasteiger partial charge on any atom is 0.277 e. The van der Waals surface area contributed by atoms with Crippen molar-refractivity contribution in [1.29, 1.82) is 0 Å². The Morgan fingerprint density at radius 3 is 2.54 bits per heavy atom. The molecule has 2 aromatic carbocycles. The Hall–Kier alpha value is -2.12. The maximum atomic E-state index is 12.5. The molecule has 1 unspecified atom stereocenters. The van der Waals surface area contributed by atoms with Gasteiger partial charge in [0.1, 0.15) is 0 Å². The number of thioether (sulfide) groups is 1. The van der Waals surface area contributed by atoms with E-state index < -0.39 is 0 Å². The third-order valence-corrected chi connectivity index (χ3v) is 5.59. The van der Waals surface area contributed by atoms with Gasteiger partial charge in [0.15, 0.2) is 0 Å². The van der Waals surface area contributed by atoms with E-state index in [-0.39, 0.29) is 17.7 Å². The van der Waals surface area contributed by atoms with Crippen LogP contribution < -0.4 is 5.32 Å². The molecule has 1 heterocycles. The van der Waals surface area contributed by atoms with Gasteiger partial charge in [0.2, 0.25) is 11.8 Å². The topological polar surface area (TPSA) is 68.0 Å². The predicted octanol–water partition coefficient (Wildman–Crippen LogP) is 5.49. The molecule has 1 N–H and O–H groups in total. The SMILES string of the molecule is CC(C)CC(NC(=O)CSc1nnc(-c2ccccc2Br)o1)c1ccccc1. The van der Waals surface area contributed by atoms with Crippen LogP contribution in [-0.4, -0.2) is 21.9 Å². The molecule has 146 valence electrons. The number of hydrogen-bond donors (Lipinski definition) is 1. The molecule has 0 aliphatic carbocycles. The van der Waals surface area contributed by atoms with E-state index in [1.807, 2.05) is 54.6 Å². The normalized spacial score (nSPS) is 12.1. The summed E-state index contributed by atoms with van der Waals surface area (Å²) in [6.45, 7) is 4.30. The highest BCUT2D eigenvalue weighted by Gasteiger charge is 2.18. The molecule has 7 heteroatoms. The third kappa shape index (κ3) is 5.69. The molecule has 28 heavy (non-hydrogen) atoms. The average Bonchev–Trinajstić information content (AvgIpc) is 3.15. The molecule has 1 aromatic heterocycles. The Morgan fingerprint density at radius 2 is 1.82 bits per heavy atom. The summed E-state index contributed by atoms with van der Waals surface area (Å²) in [4.78, 5) is 12.5. The Bertz CT molecular complexity index is 915. The first-order chi connectivity index (χ1) is 13.5. The van der Waals surface area contributed by atoms with Gasteiger partial charge in [0.05, 0.1) is 17.4 Å². The lowest BCUT2D eigenvalue weighted by atomic mass is 9.97. The highest BCUT2D eigenvalue weighted by Crippen LogP contribution is 2.29. The van der Waals surface area contributed by atoms with Crippen LogP contribution in [0.4, 0.5) is 0 Å². The molecule has 0 saturated heterocycles. The zero-order valence-corrected chi connectivity index (χ0v) is 18.2. The monoisotopic (exact) mass is 459 g/mol. The summed E-state index contributed by atoms with van der Waals surface area (Å²) < 4.78 is 6.57. The van der Waals surface area contributed by atoms with Gasteiger partial charge in [0.25, 0.3) is 5.22 Å². The molecule has 0 aliphatic heterocycles. The number of rotatable bonds is 8. The standard InChI is InChI=1S/C21H22BrN3O2S/c1-14(2)12-18(15-8-4-3-5-9-15)23-19(26)13-28-21-25-24-20(27-21)16-10-6-7-11-17(16)22/h3-11,14,18H,12-13H2,1-2H3,(H,23,26). The minimum Gasteiger partial charge on any atom is -0.411 e. The molecule has 0 radical (unpaired) electrons. The predicted molar refractivity (Wildman–Crippen MR) is 115 cm³/mol. The molecule has 1 amide bonds. The molecule has 1 atom stereocenters. The van der Waals surface area contributed by atoms with E-state index in [0.29, 0.717) is 17.0 Å². The number of benzene rings is 2. The Labute approximate surface area is 177 Å². The summed E-state index contributed by atoms with van der Waals surface area (Å²) in [7, 11) is 0. The Kier molecular flexibility index (Phi) is 7.28. The second-order valence-electron chi connectivity index (χ2n) is 6.80. The smallest absolute Gasteiger partial charge is 0.277 e. The molecule has 3 aromatic rings. The molecular weight excluding hydrogens is 438 g/mol. The van der Waals surface area contributed by atoms with Crippen molar-refractivity contribution in [3.8, 4) is 11.5 Å². The number of halogens is 1. The van der Waals surface area contributed by atoms with Crippen LogP contribution in [0, 0.1) is 5.92 Å². The summed E-state index contributed by atoms with van der Waals surface area (Å²) in [6.07, 6.45) is 0.882. The van der Waals surface area contributed by atoms with Crippen LogP contribution in [0.2, 0.25) is 0 Å². The van der Waals surface area contributed by atoms with E-state index in [1.165, 1.54) is 11.8 Å². The van der Waals surface area contributed by atoms with E-state index in [9.17, 15) is 4.79 Å². The minimum atomic E-state index is -0.0554. The van der Waals surface area contributed by atoms with E-state index in [1.54, 1.807) is 0 Å². The summed E-state index contributed by atoms with van der Waals surface area (Å²) in [5, 5.41) is 11.6. The van der Waals surface area contributed by atoms with Crippen molar-refractivity contribution >= 4 is 33.6 Å². The quantitative estimate of drug-likeness (QED) is 0.450. The Morgan fingerprint density at radius 1 is 1.11 bits per heavy atom. The number of amides is 1. The lowest BCUT2D eigenvalue weighted by Crippen LogP contribution is -2.30. The van der Waals surface area contributed by atoms with Crippen molar-refractivity contribution in [1.82, 2.24) is 15.5 Å². The number of nitrogens with zero attached hydrogens (tertiary/aromatic N) is 2. The van der Waals surface area contributed by atoms with Gasteiger partial charge in [-0.25, -0.2) is 0 Å². The molecule has 3 rings (SSSR count). The first-order valence-electron chi connectivity index (χ1n) is 9.08. The van der Waals surface area contributed by atoms with Gasteiger partial charge in [-0.1, -0.05) is 68.1 Å². The van der Waals surface area contributed by atoms with Crippen molar-refractivity contribution in [3.05, 3.63) is 64.6 Å². The molecule has 0 spiro atoms. The summed E-state index contributed by atoms with van der Waals surface area (Å²) in [5.74, 6) is 1.07. The van der Waals surface area contributed by atoms with Gasteiger partial charge in [-0.15, -0.1) is 10.2 Å². The van der Waals surface area contributed by atoms with Crippen LogP contribution >= 0.6 is 27.7 Å². The van der Waals surface area contributed by atoms with Crippen LogP contribution in [0.3, 0.4) is 0 Å². The first kappa shape index (κ1) is 20.6. The number of hydrogen-bond acceptors (Lipinski definition) is 5. The van der Waals surface area contributed by atoms with Crippen molar-refractivity contribution in [3.63, 3.8) is 0 Å². The van der Waals surface area contributed by atoms with Crippen LogP contribution in [-0.2, 0) is 4.79 Å². The van der Waals surface area contributed by atoms with Gasteiger partial charge < -0.3 is 9.73 Å². The second-order valence-corrected chi connectivity index (χ2v) is 8.58. The van der Waals surface area contributed by atoms with Crippen LogP contribution in [0.5, 0.6) is 0 Å². The fourth-order valence-corrected chi connectivity index (χ4v) is 3.84. The first-order valence-corrected chi connectivity index (χ1v) is 10.9. The highest BCUT2D eigenvalue weighted by molar-refractivity contribution is 9.10. The maximum absolute atomic E-state index is 12.5. The van der Waals surface area contributed by atoms with Gasteiger partial charge in [-0.2, -0.15) is 0 Å². The largest absolute Gasteiger partial charge is 0.411 e. The van der Waals surface area contributed by atoms with Crippen LogP contribution in [0.15, 0.2) is 68.7 Å². The van der Waals surface area contributed by atoms with Crippen LogP contribution in [0.25, 0.3) is 11.5 Å². The molecule has 0 fully saturated rings. The zero-order chi connectivity index (χ0) is 19.9. The average molecular weight is 460 g/mol. The summed E-state index contributed by atoms with van der Waals surface area (Å²) >= 11 is 4.71. The Balaban J connectivity index is 1.60. The van der Waals surface area contributed by atoms with Gasteiger partial charge in [0, 0.05) is 4.47 Å². The fourth-order valence-electron chi connectivity index (χ4n) is 2.81. The van der Waals surface area contributed by atoms with Crippen molar-refractivity contribution < 1.29 is 9.21 Å². The second kappa shape index (κ2) is 9.89. The van der Waals surface area contributed by atoms with Gasteiger partial charge in [-0.3, -0.25) is 4.79 Å². The zero-order valence-electron chi connectivity index (χ0n) is 15.8. The summed E-state index contributed by atoms with van der Waals surface area (Å²) in [5.41, 5.74) is 1.94. The summed E-state index contributed by atoms with van der Waals surface area (Å²) in [6, 6.07) is 17.7. The van der Waals surface area contributed by atoms with Gasteiger partial charge in [-0.05, 0) is 46.0 Å². The molecule has 5 nitrogen and oxygen atoms in total. The number of nitrogens with one attached hydrogen (secondary N) is 1. The lowest BCUT2D eigenvalue weighted by Gasteiger charge is -2.21. The third-order valence-electron chi connectivity index (χ3n) is 4.08. The lowest BCUT2D eigenvalue weighted by molar-refractivity contribution is -0.119. The van der Waals surface area contributed by atoms with E-state index >= 15 is 0 Å². The van der Waals surface area contributed by atoms with E-state index in [2.05, 4.69) is 45.3 Å². The van der Waals surface area contributed by atoms with E-state index in [0.717, 1.165) is 22.0 Å². The fraction of sp³-hybridized carbons (Fsp3) is 0.286. The van der Waals surface area contributed by atoms with Crippen molar-refractivity contribution in [2.24, 2.45) is 5.92 Å². The van der Waals surface area contributed by atoms with Gasteiger partial charge >= 0.3 is 0 Å². The van der Waals surface area contributed by atoms with Crippen LogP contribution in [0.1, 0.15) is 31.9 Å². The number of aromatic nitrogens is 2. The highest BCUT2D eigenvalue weighted by atomic mass is 79.9. The molecule has 0 bridgehead atoms. The van der Waals surface area contributed by atoms with Crippen molar-refractivity contribution in [2.45, 2.75) is 31.5 Å².